The topological polar surface area (TPSA) is 67.6 Å². The molecule has 1 aromatic carbocycles. The molecule has 1 amide bonds. The van der Waals surface area contributed by atoms with E-state index in [2.05, 4.69) is 10.2 Å². The Balaban J connectivity index is 1.94. The maximum absolute atomic E-state index is 12.2. The predicted octanol–water partition coefficient (Wildman–Crippen LogP) is 1.20. The summed E-state index contributed by atoms with van der Waals surface area (Å²) in [5, 5.41) is 3.40. The van der Waals surface area contributed by atoms with E-state index >= 15 is 0 Å². The Kier molecular flexibility index (Phi) is 3.30. The molecule has 5 nitrogen and oxygen atoms in total. The molecule has 3 N–H and O–H groups in total. The van der Waals surface area contributed by atoms with Crippen LogP contribution in [0.5, 0.6) is 5.75 Å². The number of hydrogen-bond donors (Lipinski definition) is 2. The number of ether oxygens (including phenoxy) is 1. The van der Waals surface area contributed by atoms with Crippen molar-refractivity contribution in [3.8, 4) is 5.75 Å². The number of primary amides is 1. The van der Waals surface area contributed by atoms with Crippen LogP contribution in [0.1, 0.15) is 19.3 Å². The lowest BCUT2D eigenvalue weighted by Crippen LogP contribution is -2.57. The number of carbonyl (C=O) groups excluding carboxylic acids is 1. The first-order chi connectivity index (χ1) is 9.67. The van der Waals surface area contributed by atoms with Crippen molar-refractivity contribution in [2.24, 2.45) is 5.73 Å². The monoisotopic (exact) mass is 275 g/mol. The van der Waals surface area contributed by atoms with Gasteiger partial charge in [-0.1, -0.05) is 12.1 Å². The number of fused-ring (bicyclic) bond motifs is 1. The first kappa shape index (κ1) is 13.2. The van der Waals surface area contributed by atoms with E-state index in [0.29, 0.717) is 0 Å². The van der Waals surface area contributed by atoms with E-state index in [-0.39, 0.29) is 11.9 Å². The van der Waals surface area contributed by atoms with Gasteiger partial charge in [0.15, 0.2) is 0 Å². The van der Waals surface area contributed by atoms with Gasteiger partial charge in [0.2, 0.25) is 5.91 Å². The van der Waals surface area contributed by atoms with Gasteiger partial charge in [-0.25, -0.2) is 0 Å². The summed E-state index contributed by atoms with van der Waals surface area (Å²) in [4.78, 5) is 14.5. The second kappa shape index (κ2) is 4.98. The molecule has 0 aliphatic carbocycles. The van der Waals surface area contributed by atoms with Crippen molar-refractivity contribution >= 4 is 11.6 Å². The molecule has 0 saturated carbocycles. The molecular formula is C15H21N3O2. The third-order valence-electron chi connectivity index (χ3n) is 4.63. The lowest BCUT2D eigenvalue weighted by atomic mass is 9.87. The standard InChI is InChI=1S/C15H21N3O2/c1-20-12-6-3-2-5-11(12)17-15(14(16)19)8-10-18-9-4-7-13(15)18/h2-3,5-6,13,17H,4,7-10H2,1H3,(H2,16,19). The van der Waals surface area contributed by atoms with Crippen molar-refractivity contribution in [3.63, 3.8) is 0 Å². The largest absolute Gasteiger partial charge is 0.495 e. The van der Waals surface area contributed by atoms with Crippen molar-refractivity contribution in [2.45, 2.75) is 30.8 Å². The predicted molar refractivity (Wildman–Crippen MR) is 77.8 cm³/mol. The number of rotatable bonds is 4. The van der Waals surface area contributed by atoms with Gasteiger partial charge in [-0.3, -0.25) is 9.69 Å². The SMILES string of the molecule is COc1ccccc1NC1(C(N)=O)CCN2CCCC21. The first-order valence-electron chi connectivity index (χ1n) is 7.12. The Morgan fingerprint density at radius 2 is 2.25 bits per heavy atom. The maximum Gasteiger partial charge on any atom is 0.244 e. The molecule has 2 fully saturated rings. The van der Waals surface area contributed by atoms with E-state index in [4.69, 9.17) is 10.5 Å². The van der Waals surface area contributed by atoms with Crippen molar-refractivity contribution in [1.29, 1.82) is 0 Å². The highest BCUT2D eigenvalue weighted by Gasteiger charge is 2.53. The van der Waals surface area contributed by atoms with Gasteiger partial charge in [0.05, 0.1) is 12.8 Å². The zero-order chi connectivity index (χ0) is 14.2. The summed E-state index contributed by atoms with van der Waals surface area (Å²) in [7, 11) is 1.63. The molecule has 3 rings (SSSR count). The average molecular weight is 275 g/mol. The van der Waals surface area contributed by atoms with Crippen LogP contribution in [0.3, 0.4) is 0 Å². The summed E-state index contributed by atoms with van der Waals surface area (Å²) in [5.74, 6) is 0.474. The van der Waals surface area contributed by atoms with Crippen LogP contribution in [0.4, 0.5) is 5.69 Å². The van der Waals surface area contributed by atoms with Crippen LogP contribution in [0, 0.1) is 0 Å². The van der Waals surface area contributed by atoms with Crippen molar-refractivity contribution < 1.29 is 9.53 Å². The van der Waals surface area contributed by atoms with Gasteiger partial charge in [-0.15, -0.1) is 0 Å². The highest BCUT2D eigenvalue weighted by atomic mass is 16.5. The summed E-state index contributed by atoms with van der Waals surface area (Å²) in [6.07, 6.45) is 2.91. The van der Waals surface area contributed by atoms with E-state index < -0.39 is 5.54 Å². The van der Waals surface area contributed by atoms with E-state index in [1.165, 1.54) is 0 Å². The Morgan fingerprint density at radius 3 is 3.00 bits per heavy atom. The molecule has 2 aliphatic heterocycles. The van der Waals surface area contributed by atoms with Crippen molar-refractivity contribution in [1.82, 2.24) is 4.90 Å². The summed E-state index contributed by atoms with van der Waals surface area (Å²) >= 11 is 0. The number of hydrogen-bond acceptors (Lipinski definition) is 4. The minimum absolute atomic E-state index is 0.199. The Morgan fingerprint density at radius 1 is 1.45 bits per heavy atom. The van der Waals surface area contributed by atoms with Crippen LogP contribution in [0.2, 0.25) is 0 Å². The minimum atomic E-state index is -0.675. The average Bonchev–Trinajstić information content (AvgIpc) is 3.03. The van der Waals surface area contributed by atoms with E-state index in [0.717, 1.165) is 43.8 Å². The molecule has 108 valence electrons. The molecule has 0 bridgehead atoms. The number of nitrogens with two attached hydrogens (primary N) is 1. The highest BCUT2D eigenvalue weighted by molar-refractivity contribution is 5.90. The molecule has 1 aromatic rings. The van der Waals surface area contributed by atoms with Gasteiger partial charge in [0, 0.05) is 12.6 Å². The maximum atomic E-state index is 12.2. The summed E-state index contributed by atoms with van der Waals surface area (Å²) in [6, 6.07) is 7.86. The number of anilines is 1. The molecule has 2 aliphatic rings. The van der Waals surface area contributed by atoms with Crippen LogP contribution >= 0.6 is 0 Å². The highest BCUT2D eigenvalue weighted by Crippen LogP contribution is 2.40. The lowest BCUT2D eigenvalue weighted by Gasteiger charge is -2.34. The van der Waals surface area contributed by atoms with E-state index in [1.54, 1.807) is 7.11 Å². The molecular weight excluding hydrogens is 254 g/mol. The zero-order valence-corrected chi connectivity index (χ0v) is 11.8. The number of carbonyl (C=O) groups is 1. The minimum Gasteiger partial charge on any atom is -0.495 e. The van der Waals surface area contributed by atoms with Crippen molar-refractivity contribution in [3.05, 3.63) is 24.3 Å². The molecule has 0 radical (unpaired) electrons. The number of benzene rings is 1. The van der Waals surface area contributed by atoms with Crippen LogP contribution in [0.25, 0.3) is 0 Å². The summed E-state index contributed by atoms with van der Waals surface area (Å²) in [6.45, 7) is 1.99. The van der Waals surface area contributed by atoms with Crippen LogP contribution in [-0.2, 0) is 4.79 Å². The number of amides is 1. The Hall–Kier alpha value is -1.75. The van der Waals surface area contributed by atoms with Gasteiger partial charge in [0.25, 0.3) is 0 Å². The van der Waals surface area contributed by atoms with Crippen LogP contribution in [0.15, 0.2) is 24.3 Å². The Bertz CT molecular complexity index is 520. The van der Waals surface area contributed by atoms with Gasteiger partial charge < -0.3 is 15.8 Å². The normalized spacial score (nSPS) is 29.1. The molecule has 2 heterocycles. The van der Waals surface area contributed by atoms with E-state index in [1.807, 2.05) is 24.3 Å². The number of methoxy groups -OCH3 is 1. The molecule has 2 unspecified atom stereocenters. The number of nitrogens with one attached hydrogen (secondary N) is 1. The fourth-order valence-electron chi connectivity index (χ4n) is 3.62. The smallest absolute Gasteiger partial charge is 0.244 e. The summed E-state index contributed by atoms with van der Waals surface area (Å²) in [5.41, 5.74) is 5.92. The Labute approximate surface area is 119 Å². The second-order valence-electron chi connectivity index (χ2n) is 5.60. The second-order valence-corrected chi connectivity index (χ2v) is 5.60. The molecule has 0 spiro atoms. The van der Waals surface area contributed by atoms with Gasteiger partial charge in [-0.2, -0.15) is 0 Å². The number of nitrogens with zero attached hydrogens (tertiary/aromatic N) is 1. The third kappa shape index (κ3) is 1.93. The van der Waals surface area contributed by atoms with Crippen LogP contribution < -0.4 is 15.8 Å². The first-order valence-corrected chi connectivity index (χ1v) is 7.12. The molecule has 2 saturated heterocycles. The van der Waals surface area contributed by atoms with Crippen molar-refractivity contribution in [2.75, 3.05) is 25.5 Å². The fraction of sp³-hybridized carbons (Fsp3) is 0.533. The van der Waals surface area contributed by atoms with E-state index in [9.17, 15) is 4.79 Å². The molecule has 20 heavy (non-hydrogen) atoms. The molecule has 2 atom stereocenters. The number of para-hydroxylation sites is 2. The molecule has 5 heteroatoms. The van der Waals surface area contributed by atoms with Gasteiger partial charge in [-0.05, 0) is 37.9 Å². The fourth-order valence-corrected chi connectivity index (χ4v) is 3.62. The third-order valence-corrected chi connectivity index (χ3v) is 4.63. The summed E-state index contributed by atoms with van der Waals surface area (Å²) < 4.78 is 5.36. The lowest BCUT2D eigenvalue weighted by molar-refractivity contribution is -0.122. The zero-order valence-electron chi connectivity index (χ0n) is 11.8. The molecule has 0 aromatic heterocycles. The van der Waals surface area contributed by atoms with Gasteiger partial charge in [0.1, 0.15) is 11.3 Å². The van der Waals surface area contributed by atoms with Crippen LogP contribution in [-0.4, -0.2) is 42.6 Å². The van der Waals surface area contributed by atoms with Gasteiger partial charge >= 0.3 is 0 Å². The quantitative estimate of drug-likeness (QED) is 0.866.